The number of hydrogen-bond donors (Lipinski definition) is 1. The average Bonchev–Trinajstić information content (AvgIpc) is 3.00. The summed E-state index contributed by atoms with van der Waals surface area (Å²) in [7, 11) is 1.94. The Bertz CT molecular complexity index is 776. The highest BCUT2D eigenvalue weighted by Gasteiger charge is 2.39. The number of hydrogen-bond acceptors (Lipinski definition) is 6. The van der Waals surface area contributed by atoms with Crippen LogP contribution < -0.4 is 10.2 Å². The lowest BCUT2D eigenvalue weighted by Crippen LogP contribution is -2.57. The highest BCUT2D eigenvalue weighted by atomic mass is 32.1. The van der Waals surface area contributed by atoms with Crippen LogP contribution in [0.15, 0.2) is 12.4 Å². The summed E-state index contributed by atoms with van der Waals surface area (Å²) < 4.78 is 0. The van der Waals surface area contributed by atoms with E-state index in [0.717, 1.165) is 49.7 Å². The number of likely N-dealkylation sites (tertiary alicyclic amines) is 1. The molecule has 4 rings (SSSR count). The van der Waals surface area contributed by atoms with Crippen LogP contribution >= 0.6 is 11.3 Å². The molecular formula is C18H25N5OS. The third-order valence-corrected chi connectivity index (χ3v) is 6.44. The molecule has 7 heteroatoms. The minimum absolute atomic E-state index is 0.322. The SMILES string of the molecule is CNCCN1C(=O)CC[C@H]2CN(c3ncnc4sc(C)cc34)CC[C@H]21. The van der Waals surface area contributed by atoms with Gasteiger partial charge in [0.05, 0.1) is 5.39 Å². The molecule has 2 aromatic heterocycles. The minimum atomic E-state index is 0.322. The molecule has 0 saturated carbocycles. The van der Waals surface area contributed by atoms with Gasteiger partial charge in [-0.2, -0.15) is 0 Å². The molecule has 2 aliphatic rings. The standard InChI is InChI=1S/C18H25N5OS/c1-12-9-14-17(20-11-21-18(14)25-12)22-7-5-15-13(10-22)3-4-16(24)23(15)8-6-19-2/h9,11,13,15,19H,3-8,10H2,1-2H3/t13-,15+/m0/s1. The second kappa shape index (κ2) is 6.88. The van der Waals surface area contributed by atoms with Crippen LogP contribution in [0.4, 0.5) is 5.82 Å². The number of nitrogens with one attached hydrogen (secondary N) is 1. The molecule has 0 unspecified atom stereocenters. The van der Waals surface area contributed by atoms with Crippen molar-refractivity contribution in [2.75, 3.05) is 38.1 Å². The number of carbonyl (C=O) groups is 1. The highest BCUT2D eigenvalue weighted by molar-refractivity contribution is 7.18. The number of carbonyl (C=O) groups excluding carboxylic acids is 1. The van der Waals surface area contributed by atoms with Crippen molar-refractivity contribution in [3.63, 3.8) is 0 Å². The Morgan fingerprint density at radius 2 is 2.24 bits per heavy atom. The number of likely N-dealkylation sites (N-methyl/N-ethyl adjacent to an activating group) is 1. The van der Waals surface area contributed by atoms with Gasteiger partial charge in [-0.05, 0) is 38.8 Å². The van der Waals surface area contributed by atoms with Gasteiger partial charge in [-0.25, -0.2) is 9.97 Å². The minimum Gasteiger partial charge on any atom is -0.356 e. The molecule has 1 N–H and O–H groups in total. The molecule has 25 heavy (non-hydrogen) atoms. The summed E-state index contributed by atoms with van der Waals surface area (Å²) in [5, 5.41) is 4.34. The second-order valence-electron chi connectivity index (χ2n) is 7.06. The van der Waals surface area contributed by atoms with Gasteiger partial charge >= 0.3 is 0 Å². The normalized spacial score (nSPS) is 24.0. The van der Waals surface area contributed by atoms with Crippen LogP contribution in [0.25, 0.3) is 10.2 Å². The van der Waals surface area contributed by atoms with Crippen LogP contribution in [0.1, 0.15) is 24.1 Å². The Morgan fingerprint density at radius 3 is 3.08 bits per heavy atom. The van der Waals surface area contributed by atoms with E-state index in [-0.39, 0.29) is 0 Å². The van der Waals surface area contributed by atoms with E-state index in [1.165, 1.54) is 10.3 Å². The van der Waals surface area contributed by atoms with Crippen molar-refractivity contribution < 1.29 is 4.79 Å². The van der Waals surface area contributed by atoms with E-state index in [9.17, 15) is 4.79 Å². The lowest BCUT2D eigenvalue weighted by molar-refractivity contribution is -0.139. The Morgan fingerprint density at radius 1 is 1.36 bits per heavy atom. The van der Waals surface area contributed by atoms with Crippen molar-refractivity contribution in [2.24, 2.45) is 5.92 Å². The van der Waals surface area contributed by atoms with Gasteiger partial charge in [-0.15, -0.1) is 11.3 Å². The molecule has 0 aromatic carbocycles. The Kier molecular flexibility index (Phi) is 4.60. The van der Waals surface area contributed by atoms with Crippen molar-refractivity contribution in [2.45, 2.75) is 32.2 Å². The number of amides is 1. The first kappa shape index (κ1) is 16.7. The summed E-state index contributed by atoms with van der Waals surface area (Å²) in [6, 6.07) is 2.58. The van der Waals surface area contributed by atoms with Gasteiger partial charge in [0.2, 0.25) is 5.91 Å². The maximum atomic E-state index is 12.3. The number of fused-ring (bicyclic) bond motifs is 2. The van der Waals surface area contributed by atoms with Gasteiger partial charge in [0.1, 0.15) is 17.0 Å². The van der Waals surface area contributed by atoms with Crippen molar-refractivity contribution in [1.82, 2.24) is 20.2 Å². The van der Waals surface area contributed by atoms with Crippen LogP contribution in [0.3, 0.4) is 0 Å². The summed E-state index contributed by atoms with van der Waals surface area (Å²) in [6.45, 7) is 5.73. The fraction of sp³-hybridized carbons (Fsp3) is 0.611. The first-order valence-electron chi connectivity index (χ1n) is 9.07. The maximum absolute atomic E-state index is 12.3. The molecule has 2 aliphatic heterocycles. The van der Waals surface area contributed by atoms with E-state index < -0.39 is 0 Å². The molecule has 0 aliphatic carbocycles. The summed E-state index contributed by atoms with van der Waals surface area (Å²) in [4.78, 5) is 28.2. The number of anilines is 1. The fourth-order valence-corrected chi connectivity index (χ4v) is 5.12. The number of thiophene rings is 1. The summed E-state index contributed by atoms with van der Waals surface area (Å²) >= 11 is 1.73. The Labute approximate surface area is 152 Å². The largest absolute Gasteiger partial charge is 0.356 e. The first-order chi connectivity index (χ1) is 12.2. The van der Waals surface area contributed by atoms with Crippen molar-refractivity contribution >= 4 is 33.3 Å². The third-order valence-electron chi connectivity index (χ3n) is 5.48. The molecular weight excluding hydrogens is 334 g/mol. The van der Waals surface area contributed by atoms with Gasteiger partial charge in [0.25, 0.3) is 0 Å². The zero-order valence-electron chi connectivity index (χ0n) is 14.9. The number of aryl methyl sites for hydroxylation is 1. The van der Waals surface area contributed by atoms with Crippen LogP contribution in [-0.4, -0.2) is 60.0 Å². The molecule has 0 radical (unpaired) electrons. The van der Waals surface area contributed by atoms with Crippen molar-refractivity contribution in [3.8, 4) is 0 Å². The van der Waals surface area contributed by atoms with Crippen LogP contribution in [-0.2, 0) is 4.79 Å². The average molecular weight is 359 g/mol. The van der Waals surface area contributed by atoms with E-state index in [4.69, 9.17) is 0 Å². The smallest absolute Gasteiger partial charge is 0.222 e. The van der Waals surface area contributed by atoms with E-state index in [1.807, 2.05) is 7.05 Å². The van der Waals surface area contributed by atoms with Gasteiger partial charge < -0.3 is 15.1 Å². The number of piperidine rings is 2. The summed E-state index contributed by atoms with van der Waals surface area (Å²) in [5.41, 5.74) is 0. The van der Waals surface area contributed by atoms with Gasteiger partial charge in [-0.3, -0.25) is 4.79 Å². The molecule has 4 heterocycles. The second-order valence-corrected chi connectivity index (χ2v) is 8.30. The predicted octanol–water partition coefficient (Wildman–Crippen LogP) is 2.04. The van der Waals surface area contributed by atoms with Gasteiger partial charge in [-0.1, -0.05) is 0 Å². The number of rotatable bonds is 4. The third kappa shape index (κ3) is 3.11. The molecule has 2 aromatic rings. The quantitative estimate of drug-likeness (QED) is 0.905. The van der Waals surface area contributed by atoms with Crippen molar-refractivity contribution in [1.29, 1.82) is 0 Å². The lowest BCUT2D eigenvalue weighted by Gasteiger charge is -2.47. The van der Waals surface area contributed by atoms with Crippen LogP contribution in [0.5, 0.6) is 0 Å². The fourth-order valence-electron chi connectivity index (χ4n) is 4.28. The molecule has 2 saturated heterocycles. The van der Waals surface area contributed by atoms with E-state index in [2.05, 4.69) is 38.1 Å². The zero-order chi connectivity index (χ0) is 17.4. The first-order valence-corrected chi connectivity index (χ1v) is 9.89. The predicted molar refractivity (Wildman–Crippen MR) is 101 cm³/mol. The Hall–Kier alpha value is -1.73. The number of aromatic nitrogens is 2. The Balaban J connectivity index is 1.55. The summed E-state index contributed by atoms with van der Waals surface area (Å²) in [6.07, 6.45) is 4.38. The van der Waals surface area contributed by atoms with Crippen molar-refractivity contribution in [3.05, 3.63) is 17.3 Å². The molecule has 2 fully saturated rings. The molecule has 6 nitrogen and oxygen atoms in total. The molecule has 0 bridgehead atoms. The molecule has 1 amide bonds. The van der Waals surface area contributed by atoms with E-state index >= 15 is 0 Å². The highest BCUT2D eigenvalue weighted by Crippen LogP contribution is 2.36. The van der Waals surface area contributed by atoms with E-state index in [1.54, 1.807) is 17.7 Å². The van der Waals surface area contributed by atoms with Crippen LogP contribution in [0, 0.1) is 12.8 Å². The zero-order valence-corrected chi connectivity index (χ0v) is 15.7. The molecule has 2 atom stereocenters. The molecule has 134 valence electrons. The monoisotopic (exact) mass is 359 g/mol. The topological polar surface area (TPSA) is 61.4 Å². The number of nitrogens with zero attached hydrogens (tertiary/aromatic N) is 4. The summed E-state index contributed by atoms with van der Waals surface area (Å²) in [5.74, 6) is 1.92. The molecule has 0 spiro atoms. The van der Waals surface area contributed by atoms with Gasteiger partial charge in [0.15, 0.2) is 0 Å². The van der Waals surface area contributed by atoms with E-state index in [0.29, 0.717) is 24.3 Å². The van der Waals surface area contributed by atoms with Crippen LogP contribution in [0.2, 0.25) is 0 Å². The lowest BCUT2D eigenvalue weighted by atomic mass is 9.83. The maximum Gasteiger partial charge on any atom is 0.222 e. The van der Waals surface area contributed by atoms with Gasteiger partial charge in [0, 0.05) is 43.5 Å².